The number of hydrogen-bond acceptors (Lipinski definition) is 6. The molecule has 1 aromatic rings. The first-order valence-electron chi connectivity index (χ1n) is 5.91. The van der Waals surface area contributed by atoms with Crippen LogP contribution >= 0.6 is 0 Å². The second-order valence-electron chi connectivity index (χ2n) is 3.82. The topological polar surface area (TPSA) is 63.2 Å². The molecule has 0 spiro atoms. The van der Waals surface area contributed by atoms with E-state index in [0.717, 1.165) is 0 Å². The van der Waals surface area contributed by atoms with Crippen LogP contribution in [-0.2, 0) is 9.53 Å². The van der Waals surface area contributed by atoms with Gasteiger partial charge in [0.05, 0.1) is 20.8 Å². The number of carbonyl (C=O) groups is 1. The summed E-state index contributed by atoms with van der Waals surface area (Å²) in [6.07, 6.45) is -0.759. The summed E-state index contributed by atoms with van der Waals surface area (Å²) in [5, 5.41) is 0. The van der Waals surface area contributed by atoms with Crippen molar-refractivity contribution in [2.45, 2.75) is 13.0 Å². The Hall–Kier alpha value is -2.11. The summed E-state index contributed by atoms with van der Waals surface area (Å²) < 4.78 is 26.3. The third-order valence-electron chi connectivity index (χ3n) is 2.66. The Labute approximate surface area is 111 Å². The molecule has 1 aliphatic heterocycles. The highest BCUT2D eigenvalue weighted by atomic mass is 16.6. The third-order valence-corrected chi connectivity index (χ3v) is 2.66. The maximum absolute atomic E-state index is 11.6. The first-order chi connectivity index (χ1) is 9.19. The van der Waals surface area contributed by atoms with Crippen LogP contribution in [0.5, 0.6) is 23.0 Å². The van der Waals surface area contributed by atoms with Crippen LogP contribution in [0, 0.1) is 0 Å². The van der Waals surface area contributed by atoms with Gasteiger partial charge < -0.3 is 23.7 Å². The second-order valence-corrected chi connectivity index (χ2v) is 3.82. The minimum absolute atomic E-state index is 0.112. The lowest BCUT2D eigenvalue weighted by atomic mass is 10.2. The van der Waals surface area contributed by atoms with Gasteiger partial charge in [0, 0.05) is 12.1 Å². The quantitative estimate of drug-likeness (QED) is 0.769. The Bertz CT molecular complexity index is 470. The predicted octanol–water partition coefficient (Wildman–Crippen LogP) is 1.41. The van der Waals surface area contributed by atoms with Crippen LogP contribution in [0.1, 0.15) is 6.92 Å². The highest BCUT2D eigenvalue weighted by molar-refractivity contribution is 5.76. The van der Waals surface area contributed by atoms with E-state index in [2.05, 4.69) is 0 Å². The van der Waals surface area contributed by atoms with Crippen molar-refractivity contribution in [1.82, 2.24) is 0 Å². The van der Waals surface area contributed by atoms with Crippen molar-refractivity contribution in [3.63, 3.8) is 0 Å². The van der Waals surface area contributed by atoms with Gasteiger partial charge in [-0.05, 0) is 6.92 Å². The van der Waals surface area contributed by atoms with Crippen molar-refractivity contribution in [1.29, 1.82) is 0 Å². The van der Waals surface area contributed by atoms with Gasteiger partial charge in [0.25, 0.3) is 0 Å². The SMILES string of the molecule is CCOC(=O)[C@H]1COc2cc(OC)c(OC)cc2O1. The zero-order chi connectivity index (χ0) is 13.8. The zero-order valence-corrected chi connectivity index (χ0v) is 11.1. The van der Waals surface area contributed by atoms with Crippen molar-refractivity contribution in [2.75, 3.05) is 27.4 Å². The molecule has 0 saturated heterocycles. The number of fused-ring (bicyclic) bond motifs is 1. The number of hydrogen-bond donors (Lipinski definition) is 0. The molecule has 0 amide bonds. The van der Waals surface area contributed by atoms with E-state index in [-0.39, 0.29) is 6.61 Å². The lowest BCUT2D eigenvalue weighted by Gasteiger charge is -2.25. The molecule has 0 radical (unpaired) electrons. The van der Waals surface area contributed by atoms with E-state index in [1.165, 1.54) is 14.2 Å². The second kappa shape index (κ2) is 5.69. The van der Waals surface area contributed by atoms with Gasteiger partial charge in [-0.15, -0.1) is 0 Å². The first kappa shape index (κ1) is 13.3. The van der Waals surface area contributed by atoms with Crippen molar-refractivity contribution in [2.24, 2.45) is 0 Å². The summed E-state index contributed by atoms with van der Waals surface area (Å²) in [5.41, 5.74) is 0. The summed E-state index contributed by atoms with van der Waals surface area (Å²) in [5.74, 6) is 1.55. The van der Waals surface area contributed by atoms with Crippen molar-refractivity contribution >= 4 is 5.97 Å². The molecule has 0 saturated carbocycles. The Kier molecular flexibility index (Phi) is 3.99. The Morgan fingerprint density at radius 2 is 1.89 bits per heavy atom. The van der Waals surface area contributed by atoms with Gasteiger partial charge in [-0.3, -0.25) is 0 Å². The molecule has 1 atom stereocenters. The molecule has 6 nitrogen and oxygen atoms in total. The van der Waals surface area contributed by atoms with E-state index < -0.39 is 12.1 Å². The molecule has 1 aromatic carbocycles. The summed E-state index contributed by atoms with van der Waals surface area (Å²) in [6.45, 7) is 2.15. The number of benzene rings is 1. The number of esters is 1. The van der Waals surface area contributed by atoms with Gasteiger partial charge in [0.15, 0.2) is 23.0 Å². The van der Waals surface area contributed by atoms with Gasteiger partial charge in [0.2, 0.25) is 6.10 Å². The molecule has 1 heterocycles. The third kappa shape index (κ3) is 2.67. The predicted molar refractivity (Wildman–Crippen MR) is 66.1 cm³/mol. The van der Waals surface area contributed by atoms with Gasteiger partial charge in [-0.2, -0.15) is 0 Å². The standard InChI is InChI=1S/C13H16O6/c1-4-17-13(14)12-7-18-10-5-8(15-2)9(16-3)6-11(10)19-12/h5-6,12H,4,7H2,1-3H3/t12-/m1/s1. The van der Waals surface area contributed by atoms with Gasteiger partial charge in [-0.25, -0.2) is 4.79 Å². The van der Waals surface area contributed by atoms with Crippen LogP contribution in [0.25, 0.3) is 0 Å². The van der Waals surface area contributed by atoms with E-state index in [1.807, 2.05) is 0 Å². The van der Waals surface area contributed by atoms with Crippen LogP contribution in [-0.4, -0.2) is 39.5 Å². The molecule has 2 rings (SSSR count). The Morgan fingerprint density at radius 3 is 2.47 bits per heavy atom. The number of ether oxygens (including phenoxy) is 5. The fraction of sp³-hybridized carbons (Fsp3) is 0.462. The average molecular weight is 268 g/mol. The maximum atomic E-state index is 11.6. The minimum atomic E-state index is -0.759. The molecule has 104 valence electrons. The van der Waals surface area contributed by atoms with E-state index >= 15 is 0 Å². The normalized spacial score (nSPS) is 16.7. The fourth-order valence-corrected chi connectivity index (χ4v) is 1.75. The number of methoxy groups -OCH3 is 2. The van der Waals surface area contributed by atoms with Crippen molar-refractivity contribution < 1.29 is 28.5 Å². The van der Waals surface area contributed by atoms with E-state index in [4.69, 9.17) is 23.7 Å². The summed E-state index contributed by atoms with van der Waals surface area (Å²) >= 11 is 0. The monoisotopic (exact) mass is 268 g/mol. The van der Waals surface area contributed by atoms with Gasteiger partial charge in [-0.1, -0.05) is 0 Å². The lowest BCUT2D eigenvalue weighted by molar-refractivity contribution is -0.153. The average Bonchev–Trinajstić information content (AvgIpc) is 2.45. The number of carbonyl (C=O) groups excluding carboxylic acids is 1. The van der Waals surface area contributed by atoms with Crippen molar-refractivity contribution in [3.05, 3.63) is 12.1 Å². The van der Waals surface area contributed by atoms with Crippen LogP contribution in [0.3, 0.4) is 0 Å². The largest absolute Gasteiger partial charge is 0.493 e. The maximum Gasteiger partial charge on any atom is 0.350 e. The molecule has 1 aliphatic rings. The molecular formula is C13H16O6. The zero-order valence-electron chi connectivity index (χ0n) is 11.1. The number of rotatable bonds is 4. The van der Waals surface area contributed by atoms with Crippen LogP contribution in [0.4, 0.5) is 0 Å². The molecule has 0 fully saturated rings. The summed E-state index contributed by atoms with van der Waals surface area (Å²) in [4.78, 5) is 11.6. The molecule has 6 heteroatoms. The van der Waals surface area contributed by atoms with E-state index in [9.17, 15) is 4.79 Å². The molecule has 0 N–H and O–H groups in total. The first-order valence-corrected chi connectivity index (χ1v) is 5.91. The summed E-state index contributed by atoms with van der Waals surface area (Å²) in [6, 6.07) is 3.29. The molecular weight excluding hydrogens is 252 g/mol. The minimum Gasteiger partial charge on any atom is -0.493 e. The summed E-state index contributed by atoms with van der Waals surface area (Å²) in [7, 11) is 3.06. The van der Waals surface area contributed by atoms with E-state index in [1.54, 1.807) is 19.1 Å². The highest BCUT2D eigenvalue weighted by Gasteiger charge is 2.29. The van der Waals surface area contributed by atoms with E-state index in [0.29, 0.717) is 29.6 Å². The lowest BCUT2D eigenvalue weighted by Crippen LogP contribution is -2.37. The fourth-order valence-electron chi connectivity index (χ4n) is 1.75. The Morgan fingerprint density at radius 1 is 1.26 bits per heavy atom. The molecule has 0 aliphatic carbocycles. The van der Waals surface area contributed by atoms with Gasteiger partial charge >= 0.3 is 5.97 Å². The molecule has 0 aromatic heterocycles. The van der Waals surface area contributed by atoms with Crippen molar-refractivity contribution in [3.8, 4) is 23.0 Å². The highest BCUT2D eigenvalue weighted by Crippen LogP contribution is 2.41. The molecule has 0 unspecified atom stereocenters. The Balaban J connectivity index is 2.22. The molecule has 19 heavy (non-hydrogen) atoms. The smallest absolute Gasteiger partial charge is 0.350 e. The van der Waals surface area contributed by atoms with Crippen LogP contribution in [0.15, 0.2) is 12.1 Å². The molecule has 0 bridgehead atoms. The van der Waals surface area contributed by atoms with Gasteiger partial charge in [0.1, 0.15) is 6.61 Å². The van der Waals surface area contributed by atoms with Crippen LogP contribution in [0.2, 0.25) is 0 Å². The van der Waals surface area contributed by atoms with Crippen LogP contribution < -0.4 is 18.9 Å².